The van der Waals surface area contributed by atoms with Gasteiger partial charge in [0.1, 0.15) is 0 Å². The van der Waals surface area contributed by atoms with Crippen LogP contribution >= 0.6 is 0 Å². The molecule has 0 aromatic heterocycles. The SMILES string of the molecule is CC1=C=C=C(C)C(C2(C)c3c(C)cccc3C2(C)N(c2ccc(C(C)(C)C)cc2)c2ccccc2C)=C1C. The lowest BCUT2D eigenvalue weighted by Gasteiger charge is -2.64. The van der Waals surface area contributed by atoms with Crippen molar-refractivity contribution in [3.8, 4) is 0 Å². The van der Waals surface area contributed by atoms with Crippen LogP contribution < -0.4 is 4.90 Å². The molecule has 2 aliphatic rings. The summed E-state index contributed by atoms with van der Waals surface area (Å²) < 4.78 is 0. The Morgan fingerprint density at radius 3 is 1.92 bits per heavy atom. The molecule has 38 heavy (non-hydrogen) atoms. The van der Waals surface area contributed by atoms with Crippen LogP contribution in [0.3, 0.4) is 0 Å². The second kappa shape index (κ2) is 8.78. The lowest BCUT2D eigenvalue weighted by atomic mass is 9.46. The summed E-state index contributed by atoms with van der Waals surface area (Å²) in [5, 5.41) is 0. The van der Waals surface area contributed by atoms with Gasteiger partial charge in [0.15, 0.2) is 0 Å². The fourth-order valence-electron chi connectivity index (χ4n) is 7.03. The molecule has 0 N–H and O–H groups in total. The number of nitrogens with zero attached hydrogens (tertiary/aromatic N) is 1. The van der Waals surface area contributed by atoms with E-state index in [1.54, 1.807) is 0 Å². The molecule has 0 saturated carbocycles. The van der Waals surface area contributed by atoms with Crippen LogP contribution in [0.4, 0.5) is 11.4 Å². The van der Waals surface area contributed by atoms with Gasteiger partial charge >= 0.3 is 0 Å². The van der Waals surface area contributed by atoms with Crippen molar-refractivity contribution in [2.45, 2.75) is 85.6 Å². The molecule has 2 unspecified atom stereocenters. The van der Waals surface area contributed by atoms with E-state index in [2.05, 4.69) is 152 Å². The van der Waals surface area contributed by atoms with E-state index in [1.165, 1.54) is 61.5 Å². The largest absolute Gasteiger partial charge is 0.330 e. The van der Waals surface area contributed by atoms with Gasteiger partial charge in [-0.15, -0.1) is 0 Å². The minimum atomic E-state index is -0.332. The van der Waals surface area contributed by atoms with Gasteiger partial charge in [-0.25, -0.2) is 0 Å². The molecule has 2 atom stereocenters. The number of fused-ring (bicyclic) bond motifs is 1. The van der Waals surface area contributed by atoms with E-state index in [-0.39, 0.29) is 16.4 Å². The van der Waals surface area contributed by atoms with E-state index >= 15 is 0 Å². The summed E-state index contributed by atoms with van der Waals surface area (Å²) in [6.45, 7) is 22.9. The maximum atomic E-state index is 3.48. The normalized spacial score (nSPS) is 22.5. The summed E-state index contributed by atoms with van der Waals surface area (Å²) in [5.41, 5.74) is 20.7. The lowest BCUT2D eigenvalue weighted by molar-refractivity contribution is 0.242. The number of para-hydroxylation sites is 1. The zero-order chi connectivity index (χ0) is 27.6. The minimum Gasteiger partial charge on any atom is -0.330 e. The molecule has 1 nitrogen and oxygen atoms in total. The fraction of sp³-hybridized carbons (Fsp3) is 0.351. The molecule has 5 rings (SSSR count). The summed E-state index contributed by atoms with van der Waals surface area (Å²) in [6.07, 6.45) is 0. The Balaban J connectivity index is 1.85. The number of hydrogen-bond donors (Lipinski definition) is 0. The molecule has 0 aliphatic heterocycles. The second-order valence-electron chi connectivity index (χ2n) is 12.6. The highest BCUT2D eigenvalue weighted by Crippen LogP contribution is 2.66. The number of benzene rings is 3. The quantitative estimate of drug-likeness (QED) is 0.323. The predicted molar refractivity (Wildman–Crippen MR) is 162 cm³/mol. The molecule has 0 bridgehead atoms. The molecule has 0 spiro atoms. The van der Waals surface area contributed by atoms with E-state index < -0.39 is 0 Å². The van der Waals surface area contributed by atoms with Gasteiger partial charge in [-0.05, 0) is 111 Å². The first-order chi connectivity index (χ1) is 17.8. The van der Waals surface area contributed by atoms with Crippen LogP contribution in [0.1, 0.15) is 83.2 Å². The number of anilines is 2. The molecule has 0 saturated heterocycles. The second-order valence-corrected chi connectivity index (χ2v) is 12.6. The number of rotatable bonds is 4. The van der Waals surface area contributed by atoms with Crippen molar-refractivity contribution in [2.24, 2.45) is 0 Å². The Morgan fingerprint density at radius 2 is 1.29 bits per heavy atom. The summed E-state index contributed by atoms with van der Waals surface area (Å²) in [7, 11) is 0. The van der Waals surface area contributed by atoms with E-state index in [1.807, 2.05) is 0 Å². The third kappa shape index (κ3) is 3.54. The van der Waals surface area contributed by atoms with Gasteiger partial charge in [0.25, 0.3) is 0 Å². The average molecular weight is 500 g/mol. The lowest BCUT2D eigenvalue weighted by Crippen LogP contribution is -2.65. The number of aryl methyl sites for hydroxylation is 2. The molecule has 1 heteroatoms. The van der Waals surface area contributed by atoms with Crippen molar-refractivity contribution in [3.05, 3.63) is 128 Å². The van der Waals surface area contributed by atoms with Crippen molar-refractivity contribution < 1.29 is 0 Å². The average Bonchev–Trinajstić information content (AvgIpc) is 2.87. The molecule has 2 aliphatic carbocycles. The number of allylic oxidation sites excluding steroid dienone is 3. The van der Waals surface area contributed by atoms with Crippen LogP contribution in [0.2, 0.25) is 0 Å². The first-order valence-corrected chi connectivity index (χ1v) is 13.8. The Hall–Kier alpha value is -3.50. The van der Waals surface area contributed by atoms with Crippen LogP contribution in [0.5, 0.6) is 0 Å². The molecule has 3 aromatic carbocycles. The molecule has 3 aromatic rings. The molecular formula is C37H41N. The monoisotopic (exact) mass is 499 g/mol. The number of hydrogen-bond acceptors (Lipinski definition) is 1. The molecule has 0 fully saturated rings. The van der Waals surface area contributed by atoms with E-state index in [0.717, 1.165) is 0 Å². The Morgan fingerprint density at radius 1 is 0.684 bits per heavy atom. The fourth-order valence-corrected chi connectivity index (χ4v) is 7.03. The Labute approximate surface area is 229 Å². The molecule has 0 heterocycles. The predicted octanol–water partition coefficient (Wildman–Crippen LogP) is 9.90. The highest BCUT2D eigenvalue weighted by molar-refractivity contribution is 5.78. The van der Waals surface area contributed by atoms with Gasteiger partial charge in [-0.1, -0.05) is 80.8 Å². The maximum Gasteiger partial charge on any atom is 0.0812 e. The summed E-state index contributed by atoms with van der Waals surface area (Å²) in [6, 6.07) is 24.9. The maximum absolute atomic E-state index is 3.48. The van der Waals surface area contributed by atoms with Crippen LogP contribution in [0.15, 0.2) is 100 Å². The van der Waals surface area contributed by atoms with Crippen molar-refractivity contribution in [1.29, 1.82) is 0 Å². The standard InChI is InChI=1S/C37H41N/c1-24-18-19-27(4)33(28(24)5)36(9)34-26(3)15-13-16-31(34)37(36,10)38(32-17-12-11-14-25(32)2)30-22-20-29(21-23-30)35(6,7)8/h11-17,20-23H,1-10H3. The van der Waals surface area contributed by atoms with Crippen molar-refractivity contribution in [3.63, 3.8) is 0 Å². The van der Waals surface area contributed by atoms with E-state index in [9.17, 15) is 0 Å². The van der Waals surface area contributed by atoms with E-state index in [0.29, 0.717) is 0 Å². The first-order valence-electron chi connectivity index (χ1n) is 13.8. The molecule has 0 radical (unpaired) electrons. The summed E-state index contributed by atoms with van der Waals surface area (Å²) in [4.78, 5) is 2.61. The van der Waals surface area contributed by atoms with Gasteiger partial charge in [0, 0.05) is 27.9 Å². The zero-order valence-corrected chi connectivity index (χ0v) is 24.8. The van der Waals surface area contributed by atoms with Crippen LogP contribution in [0, 0.1) is 13.8 Å². The third-order valence-electron chi connectivity index (χ3n) is 9.32. The smallest absolute Gasteiger partial charge is 0.0812 e. The van der Waals surface area contributed by atoms with E-state index in [4.69, 9.17) is 0 Å². The Bertz CT molecular complexity index is 1580. The van der Waals surface area contributed by atoms with Gasteiger partial charge in [0.2, 0.25) is 0 Å². The first kappa shape index (κ1) is 26.1. The van der Waals surface area contributed by atoms with Crippen LogP contribution in [0.25, 0.3) is 0 Å². The Kier molecular flexibility index (Phi) is 6.03. The van der Waals surface area contributed by atoms with Gasteiger partial charge in [-0.2, -0.15) is 0 Å². The van der Waals surface area contributed by atoms with Crippen molar-refractivity contribution >= 4 is 11.4 Å². The molecular weight excluding hydrogens is 458 g/mol. The highest BCUT2D eigenvalue weighted by atomic mass is 15.2. The van der Waals surface area contributed by atoms with Gasteiger partial charge in [-0.3, -0.25) is 0 Å². The summed E-state index contributed by atoms with van der Waals surface area (Å²) in [5.74, 6) is 0. The van der Waals surface area contributed by atoms with Crippen molar-refractivity contribution in [2.75, 3.05) is 4.90 Å². The van der Waals surface area contributed by atoms with Crippen LogP contribution in [-0.2, 0) is 16.4 Å². The highest BCUT2D eigenvalue weighted by Gasteiger charge is 2.64. The summed E-state index contributed by atoms with van der Waals surface area (Å²) >= 11 is 0. The molecule has 0 amide bonds. The van der Waals surface area contributed by atoms with Gasteiger partial charge in [0.05, 0.1) is 5.54 Å². The third-order valence-corrected chi connectivity index (χ3v) is 9.32. The zero-order valence-electron chi connectivity index (χ0n) is 24.8. The topological polar surface area (TPSA) is 3.24 Å². The van der Waals surface area contributed by atoms with Crippen LogP contribution in [-0.4, -0.2) is 0 Å². The van der Waals surface area contributed by atoms with Crippen molar-refractivity contribution in [1.82, 2.24) is 0 Å². The molecule has 194 valence electrons. The van der Waals surface area contributed by atoms with Gasteiger partial charge < -0.3 is 4.90 Å². The minimum absolute atomic E-state index is 0.104.